The van der Waals surface area contributed by atoms with Crippen LogP contribution in [0.25, 0.3) is 0 Å². The van der Waals surface area contributed by atoms with E-state index in [1.807, 2.05) is 6.92 Å². The highest BCUT2D eigenvalue weighted by Gasteiger charge is 2.15. The lowest BCUT2D eigenvalue weighted by Gasteiger charge is -2.30. The molecule has 1 aliphatic heterocycles. The molecule has 0 spiro atoms. The van der Waals surface area contributed by atoms with E-state index in [-0.39, 0.29) is 12.6 Å². The van der Waals surface area contributed by atoms with E-state index in [0.717, 1.165) is 13.1 Å². The molecule has 0 bridgehead atoms. The number of piperidine rings is 1. The van der Waals surface area contributed by atoms with E-state index in [9.17, 15) is 5.11 Å². The van der Waals surface area contributed by atoms with E-state index in [0.29, 0.717) is 0 Å². The molecule has 0 aromatic rings. The van der Waals surface area contributed by atoms with Crippen molar-refractivity contribution in [3.63, 3.8) is 0 Å². The molecule has 0 aromatic carbocycles. The fourth-order valence-corrected chi connectivity index (χ4v) is 1.46. The monoisotopic (exact) mass is 142 g/mol. The minimum absolute atomic E-state index is 0.0556. The summed E-state index contributed by atoms with van der Waals surface area (Å²) in [5, 5.41) is 10.5. The van der Waals surface area contributed by atoms with Crippen LogP contribution in [0.15, 0.2) is 0 Å². The molecule has 1 atom stereocenters. The van der Waals surface area contributed by atoms with Crippen molar-refractivity contribution in [2.75, 3.05) is 19.7 Å². The van der Waals surface area contributed by atoms with Crippen LogP contribution in [0, 0.1) is 0 Å². The first kappa shape index (κ1) is 8.02. The van der Waals surface area contributed by atoms with Gasteiger partial charge in [0.05, 0.1) is 6.61 Å². The lowest BCUT2D eigenvalue weighted by molar-refractivity contribution is 0.0786. The molecule has 1 heterocycles. The lowest BCUT2D eigenvalue weighted by Crippen LogP contribution is -2.39. The molecule has 1 saturated heterocycles. The maximum Gasteiger partial charge on any atom is 0.0974 e. The topological polar surface area (TPSA) is 23.1 Å². The highest BCUT2D eigenvalue weighted by Crippen LogP contribution is 2.11. The highest BCUT2D eigenvalue weighted by atomic mass is 16.3. The van der Waals surface area contributed by atoms with E-state index >= 15 is 0 Å². The van der Waals surface area contributed by atoms with Gasteiger partial charge in [0.1, 0.15) is 0 Å². The van der Waals surface area contributed by atoms with Crippen molar-refractivity contribution in [3.8, 4) is 0 Å². The molecular weight excluding hydrogens is 126 g/mol. The van der Waals surface area contributed by atoms with Gasteiger partial charge in [-0.3, -0.25) is 4.90 Å². The van der Waals surface area contributed by atoms with E-state index < -0.39 is 0 Å². The zero-order valence-electron chi connectivity index (χ0n) is 6.68. The van der Waals surface area contributed by atoms with Crippen molar-refractivity contribution in [1.29, 1.82) is 0 Å². The quantitative estimate of drug-likeness (QED) is 0.569. The second-order valence-electron chi connectivity index (χ2n) is 3.11. The van der Waals surface area contributed by atoms with Gasteiger partial charge in [-0.25, -0.2) is 5.11 Å². The molecule has 2 heteroatoms. The van der Waals surface area contributed by atoms with Crippen LogP contribution in [-0.4, -0.2) is 30.6 Å². The van der Waals surface area contributed by atoms with Crippen molar-refractivity contribution in [3.05, 3.63) is 0 Å². The van der Waals surface area contributed by atoms with Crippen LogP contribution < -0.4 is 0 Å². The molecule has 1 radical (unpaired) electrons. The van der Waals surface area contributed by atoms with Crippen LogP contribution in [0.5, 0.6) is 0 Å². The Morgan fingerprint density at radius 3 is 2.40 bits per heavy atom. The van der Waals surface area contributed by atoms with Crippen LogP contribution in [0.4, 0.5) is 0 Å². The second-order valence-corrected chi connectivity index (χ2v) is 3.11. The van der Waals surface area contributed by atoms with Gasteiger partial charge in [0.2, 0.25) is 0 Å². The minimum Gasteiger partial charge on any atom is -0.298 e. The minimum atomic E-state index is 0.0556. The molecule has 0 amide bonds. The number of hydrogen-bond acceptors (Lipinski definition) is 1. The van der Waals surface area contributed by atoms with Gasteiger partial charge >= 0.3 is 0 Å². The van der Waals surface area contributed by atoms with Crippen molar-refractivity contribution in [2.24, 2.45) is 0 Å². The first-order valence-corrected chi connectivity index (χ1v) is 4.16. The zero-order valence-corrected chi connectivity index (χ0v) is 6.68. The molecule has 2 nitrogen and oxygen atoms in total. The van der Waals surface area contributed by atoms with E-state index in [1.54, 1.807) is 0 Å². The summed E-state index contributed by atoms with van der Waals surface area (Å²) in [6.45, 7) is 4.37. The van der Waals surface area contributed by atoms with E-state index in [2.05, 4.69) is 4.90 Å². The molecule has 0 aliphatic carbocycles. The second kappa shape index (κ2) is 3.94. The van der Waals surface area contributed by atoms with Crippen LogP contribution in [0.2, 0.25) is 0 Å². The molecule has 1 rings (SSSR count). The lowest BCUT2D eigenvalue weighted by atomic mass is 10.1. The van der Waals surface area contributed by atoms with Crippen molar-refractivity contribution in [1.82, 2.24) is 4.90 Å². The molecule has 1 unspecified atom stereocenters. The Bertz CT molecular complexity index is 89.3. The Hall–Kier alpha value is -0.0800. The van der Waals surface area contributed by atoms with Gasteiger partial charge in [-0.05, 0) is 32.9 Å². The van der Waals surface area contributed by atoms with E-state index in [4.69, 9.17) is 0 Å². The first-order chi connectivity index (χ1) is 4.84. The summed E-state index contributed by atoms with van der Waals surface area (Å²) < 4.78 is 0. The summed E-state index contributed by atoms with van der Waals surface area (Å²) >= 11 is 0. The predicted octanol–water partition coefficient (Wildman–Crippen LogP) is 1.29. The van der Waals surface area contributed by atoms with Crippen LogP contribution in [0.3, 0.4) is 0 Å². The molecule has 1 fully saturated rings. The van der Waals surface area contributed by atoms with Gasteiger partial charge in [-0.15, -0.1) is 0 Å². The molecule has 0 saturated carbocycles. The number of hydrogen-bond donors (Lipinski definition) is 0. The van der Waals surface area contributed by atoms with Gasteiger partial charge in [0.15, 0.2) is 0 Å². The number of likely N-dealkylation sites (tertiary alicyclic amines) is 1. The fraction of sp³-hybridized carbons (Fsp3) is 1.00. The molecule has 1 aliphatic rings. The molecule has 10 heavy (non-hydrogen) atoms. The third kappa shape index (κ3) is 1.96. The molecule has 0 N–H and O–H groups in total. The molecular formula is C8H16NO. The summed E-state index contributed by atoms with van der Waals surface area (Å²) in [5.74, 6) is 0. The van der Waals surface area contributed by atoms with Gasteiger partial charge in [-0.2, -0.15) is 0 Å². The standard InChI is InChI=1S/C8H16NO/c1-8(7-10)9-5-3-2-4-6-9/h8H,2-7H2,1H3. The summed E-state index contributed by atoms with van der Waals surface area (Å²) in [6.07, 6.45) is 3.91. The number of rotatable bonds is 2. The summed E-state index contributed by atoms with van der Waals surface area (Å²) in [6, 6.07) is 0.264. The maximum absolute atomic E-state index is 10.5. The van der Waals surface area contributed by atoms with Crippen LogP contribution in [0.1, 0.15) is 26.2 Å². The average Bonchev–Trinajstić information content (AvgIpc) is 2.05. The predicted molar refractivity (Wildman–Crippen MR) is 40.4 cm³/mol. The van der Waals surface area contributed by atoms with Crippen LogP contribution in [-0.2, 0) is 5.11 Å². The smallest absolute Gasteiger partial charge is 0.0974 e. The van der Waals surface area contributed by atoms with Gasteiger partial charge in [0.25, 0.3) is 0 Å². The maximum atomic E-state index is 10.5. The van der Waals surface area contributed by atoms with Crippen LogP contribution >= 0.6 is 0 Å². The fourth-order valence-electron chi connectivity index (χ4n) is 1.46. The van der Waals surface area contributed by atoms with Gasteiger partial charge < -0.3 is 0 Å². The van der Waals surface area contributed by atoms with Gasteiger partial charge in [0, 0.05) is 6.04 Å². The summed E-state index contributed by atoms with van der Waals surface area (Å²) in [7, 11) is 0. The van der Waals surface area contributed by atoms with Crippen molar-refractivity contribution >= 4 is 0 Å². The number of nitrogens with zero attached hydrogens (tertiary/aromatic N) is 1. The zero-order chi connectivity index (χ0) is 7.40. The Labute approximate surface area is 62.8 Å². The first-order valence-electron chi connectivity index (χ1n) is 4.16. The Morgan fingerprint density at radius 1 is 1.30 bits per heavy atom. The Morgan fingerprint density at radius 2 is 1.90 bits per heavy atom. The van der Waals surface area contributed by atoms with Crippen molar-refractivity contribution < 1.29 is 5.11 Å². The third-order valence-electron chi connectivity index (χ3n) is 2.26. The van der Waals surface area contributed by atoms with Crippen molar-refractivity contribution in [2.45, 2.75) is 32.2 Å². The largest absolute Gasteiger partial charge is 0.298 e. The Kier molecular flexibility index (Phi) is 3.16. The summed E-state index contributed by atoms with van der Waals surface area (Å²) in [5.41, 5.74) is 0. The molecule has 59 valence electrons. The average molecular weight is 142 g/mol. The highest BCUT2D eigenvalue weighted by molar-refractivity contribution is 4.69. The third-order valence-corrected chi connectivity index (χ3v) is 2.26. The molecule has 0 aromatic heterocycles. The SMILES string of the molecule is CC(C[O])N1CCCCC1. The Balaban J connectivity index is 2.24. The summed E-state index contributed by atoms with van der Waals surface area (Å²) in [4.78, 5) is 2.30. The van der Waals surface area contributed by atoms with Gasteiger partial charge in [-0.1, -0.05) is 6.42 Å². The normalized spacial score (nSPS) is 24.6. The van der Waals surface area contributed by atoms with E-state index in [1.165, 1.54) is 19.3 Å².